The molecule has 0 amide bonds. The number of esters is 1. The summed E-state index contributed by atoms with van der Waals surface area (Å²) in [5.74, 6) is -0.510. The molecule has 2 aromatic carbocycles. The number of sulfonamides is 1. The van der Waals surface area contributed by atoms with Gasteiger partial charge in [0.05, 0.1) is 12.0 Å². The minimum atomic E-state index is -3.95. The van der Waals surface area contributed by atoms with Crippen LogP contribution in [-0.4, -0.2) is 33.8 Å². The zero-order valence-electron chi connectivity index (χ0n) is 13.7. The predicted molar refractivity (Wildman–Crippen MR) is 90.3 cm³/mol. The van der Waals surface area contributed by atoms with E-state index in [-0.39, 0.29) is 22.0 Å². The summed E-state index contributed by atoms with van der Waals surface area (Å²) < 4.78 is 36.7. The van der Waals surface area contributed by atoms with Crippen molar-refractivity contribution in [2.45, 2.75) is 11.8 Å². The van der Waals surface area contributed by atoms with E-state index in [0.29, 0.717) is 5.75 Å². The fourth-order valence-corrected chi connectivity index (χ4v) is 3.00. The van der Waals surface area contributed by atoms with Crippen LogP contribution < -0.4 is 14.2 Å². The van der Waals surface area contributed by atoms with E-state index in [1.807, 2.05) is 0 Å². The summed E-state index contributed by atoms with van der Waals surface area (Å²) in [7, 11) is -2.53. The number of rotatable bonds is 7. The second-order valence-corrected chi connectivity index (χ2v) is 6.80. The largest absolute Gasteiger partial charge is 0.493 e. The number of benzene rings is 2. The standard InChI is InChI=1S/C17H17NO6S/c1-12(19)13-6-5-7-14(10-13)25(21,22)18-11-17(20)24-16-9-4-3-8-15(16)23-2/h3-10,18H,11H2,1-2H3. The maximum atomic E-state index is 12.2. The number of ether oxygens (including phenoxy) is 2. The normalized spacial score (nSPS) is 11.0. The lowest BCUT2D eigenvalue weighted by Gasteiger charge is -2.10. The SMILES string of the molecule is COc1ccccc1OC(=O)CNS(=O)(=O)c1cccc(C(C)=O)c1. The molecule has 132 valence electrons. The Bertz CT molecular complexity index is 892. The van der Waals surface area contributed by atoms with Gasteiger partial charge in [0, 0.05) is 5.56 Å². The van der Waals surface area contributed by atoms with E-state index in [9.17, 15) is 18.0 Å². The highest BCUT2D eigenvalue weighted by Crippen LogP contribution is 2.25. The summed E-state index contributed by atoms with van der Waals surface area (Å²) in [6.07, 6.45) is 0. The monoisotopic (exact) mass is 363 g/mol. The van der Waals surface area contributed by atoms with E-state index in [1.165, 1.54) is 44.4 Å². The summed E-state index contributed by atoms with van der Waals surface area (Å²) in [6.45, 7) is 0.772. The van der Waals surface area contributed by atoms with Crippen LogP contribution in [0.25, 0.3) is 0 Å². The van der Waals surface area contributed by atoms with E-state index in [2.05, 4.69) is 4.72 Å². The minimum Gasteiger partial charge on any atom is -0.493 e. The molecule has 0 aliphatic heterocycles. The van der Waals surface area contributed by atoms with Crippen molar-refractivity contribution in [3.8, 4) is 11.5 Å². The van der Waals surface area contributed by atoms with Gasteiger partial charge >= 0.3 is 5.97 Å². The van der Waals surface area contributed by atoms with E-state index in [0.717, 1.165) is 0 Å². The second kappa shape index (κ2) is 7.91. The first-order chi connectivity index (χ1) is 11.8. The van der Waals surface area contributed by atoms with Crippen LogP contribution in [0, 0.1) is 0 Å². The van der Waals surface area contributed by atoms with Crippen LogP contribution in [0.5, 0.6) is 11.5 Å². The number of hydrogen-bond acceptors (Lipinski definition) is 6. The van der Waals surface area contributed by atoms with Crippen LogP contribution in [0.2, 0.25) is 0 Å². The van der Waals surface area contributed by atoms with E-state index in [4.69, 9.17) is 9.47 Å². The number of para-hydroxylation sites is 2. The van der Waals surface area contributed by atoms with Crippen LogP contribution in [0.3, 0.4) is 0 Å². The number of ketones is 1. The molecule has 0 fully saturated rings. The molecule has 1 N–H and O–H groups in total. The Morgan fingerprint density at radius 2 is 1.72 bits per heavy atom. The summed E-state index contributed by atoms with van der Waals surface area (Å²) in [6, 6.07) is 12.1. The zero-order chi connectivity index (χ0) is 18.4. The quantitative estimate of drug-likeness (QED) is 0.457. The van der Waals surface area contributed by atoms with Gasteiger partial charge in [-0.2, -0.15) is 4.72 Å². The third-order valence-corrected chi connectivity index (χ3v) is 4.65. The van der Waals surface area contributed by atoms with Gasteiger partial charge in [0.2, 0.25) is 10.0 Å². The predicted octanol–water partition coefficient (Wildman–Crippen LogP) is 1.78. The van der Waals surface area contributed by atoms with Crippen molar-refractivity contribution in [1.82, 2.24) is 4.72 Å². The van der Waals surface area contributed by atoms with Crippen LogP contribution in [0.1, 0.15) is 17.3 Å². The van der Waals surface area contributed by atoms with Gasteiger partial charge in [0.15, 0.2) is 17.3 Å². The Morgan fingerprint density at radius 3 is 2.36 bits per heavy atom. The third-order valence-electron chi connectivity index (χ3n) is 3.25. The lowest BCUT2D eigenvalue weighted by molar-refractivity contribution is -0.133. The maximum absolute atomic E-state index is 12.2. The summed E-state index contributed by atoms with van der Waals surface area (Å²) in [5, 5.41) is 0. The van der Waals surface area contributed by atoms with Crippen molar-refractivity contribution < 1.29 is 27.5 Å². The van der Waals surface area contributed by atoms with E-state index in [1.54, 1.807) is 18.2 Å². The maximum Gasteiger partial charge on any atom is 0.326 e. The number of carbonyl (C=O) groups excluding carboxylic acids is 2. The number of methoxy groups -OCH3 is 1. The van der Waals surface area contributed by atoms with Crippen molar-refractivity contribution in [3.05, 3.63) is 54.1 Å². The van der Waals surface area contributed by atoms with Crippen LogP contribution in [0.15, 0.2) is 53.4 Å². The number of Topliss-reactive ketones (excluding diaryl/α,β-unsaturated/α-hetero) is 1. The van der Waals surface area contributed by atoms with Crippen molar-refractivity contribution in [3.63, 3.8) is 0 Å². The summed E-state index contributed by atoms with van der Waals surface area (Å²) >= 11 is 0. The molecular formula is C17H17NO6S. The average Bonchev–Trinajstić information content (AvgIpc) is 2.60. The van der Waals surface area contributed by atoms with Gasteiger partial charge in [0.25, 0.3) is 0 Å². The van der Waals surface area contributed by atoms with Crippen molar-refractivity contribution in [2.24, 2.45) is 0 Å². The molecule has 25 heavy (non-hydrogen) atoms. The zero-order valence-corrected chi connectivity index (χ0v) is 14.5. The molecule has 0 heterocycles. The fourth-order valence-electron chi connectivity index (χ4n) is 1.98. The first-order valence-corrected chi connectivity index (χ1v) is 8.76. The van der Waals surface area contributed by atoms with Crippen molar-refractivity contribution >= 4 is 21.8 Å². The molecule has 0 aliphatic rings. The topological polar surface area (TPSA) is 98.8 Å². The Balaban J connectivity index is 2.05. The second-order valence-electron chi connectivity index (χ2n) is 5.03. The highest BCUT2D eigenvalue weighted by Gasteiger charge is 2.18. The fraction of sp³-hybridized carbons (Fsp3) is 0.176. The van der Waals surface area contributed by atoms with Gasteiger partial charge in [0.1, 0.15) is 6.54 Å². The highest BCUT2D eigenvalue weighted by atomic mass is 32.2. The van der Waals surface area contributed by atoms with E-state index >= 15 is 0 Å². The Hall–Kier alpha value is -2.71. The molecule has 0 unspecified atom stereocenters. The molecule has 0 spiro atoms. The van der Waals surface area contributed by atoms with Gasteiger partial charge in [-0.15, -0.1) is 0 Å². The van der Waals surface area contributed by atoms with Gasteiger partial charge in [-0.3, -0.25) is 9.59 Å². The van der Waals surface area contributed by atoms with Crippen molar-refractivity contribution in [1.29, 1.82) is 0 Å². The molecule has 8 heteroatoms. The molecule has 0 radical (unpaired) electrons. The lowest BCUT2D eigenvalue weighted by atomic mass is 10.2. The Labute approximate surface area is 145 Å². The van der Waals surface area contributed by atoms with Crippen LogP contribution >= 0.6 is 0 Å². The Morgan fingerprint density at radius 1 is 1.04 bits per heavy atom. The molecule has 0 saturated heterocycles. The van der Waals surface area contributed by atoms with Crippen LogP contribution in [0.4, 0.5) is 0 Å². The first kappa shape index (κ1) is 18.6. The molecule has 2 rings (SSSR count). The van der Waals surface area contributed by atoms with Crippen molar-refractivity contribution in [2.75, 3.05) is 13.7 Å². The Kier molecular flexibility index (Phi) is 5.89. The van der Waals surface area contributed by atoms with Gasteiger partial charge < -0.3 is 9.47 Å². The van der Waals surface area contributed by atoms with Gasteiger partial charge in [-0.1, -0.05) is 24.3 Å². The highest BCUT2D eigenvalue weighted by molar-refractivity contribution is 7.89. The van der Waals surface area contributed by atoms with Gasteiger partial charge in [-0.25, -0.2) is 8.42 Å². The number of nitrogens with one attached hydrogen (secondary N) is 1. The van der Waals surface area contributed by atoms with Gasteiger partial charge in [-0.05, 0) is 31.2 Å². The summed E-state index contributed by atoms with van der Waals surface area (Å²) in [5.41, 5.74) is 0.263. The smallest absolute Gasteiger partial charge is 0.326 e. The average molecular weight is 363 g/mol. The molecule has 0 atom stereocenters. The molecular weight excluding hydrogens is 346 g/mol. The molecule has 0 aromatic heterocycles. The third kappa shape index (κ3) is 4.88. The molecule has 0 bridgehead atoms. The van der Waals surface area contributed by atoms with E-state index < -0.39 is 22.5 Å². The summed E-state index contributed by atoms with van der Waals surface area (Å²) in [4.78, 5) is 23.1. The molecule has 0 saturated carbocycles. The van der Waals surface area contributed by atoms with Crippen LogP contribution in [-0.2, 0) is 14.8 Å². The molecule has 7 nitrogen and oxygen atoms in total. The first-order valence-electron chi connectivity index (χ1n) is 7.28. The molecule has 2 aromatic rings. The molecule has 0 aliphatic carbocycles. The number of hydrogen-bond donors (Lipinski definition) is 1. The lowest BCUT2D eigenvalue weighted by Crippen LogP contribution is -2.32. The number of carbonyl (C=O) groups is 2. The minimum absolute atomic E-state index is 0.106.